The lowest BCUT2D eigenvalue weighted by Gasteiger charge is -2.15. The van der Waals surface area contributed by atoms with Crippen molar-refractivity contribution in [1.82, 2.24) is 4.57 Å². The summed E-state index contributed by atoms with van der Waals surface area (Å²) in [5.41, 5.74) is 8.68. The van der Waals surface area contributed by atoms with Crippen LogP contribution in [0.2, 0.25) is 0 Å². The molecule has 39 heavy (non-hydrogen) atoms. The molecule has 0 aliphatic carbocycles. The Morgan fingerprint density at radius 1 is 0.513 bits per heavy atom. The second kappa shape index (κ2) is 8.94. The molecule has 0 amide bonds. The highest BCUT2D eigenvalue weighted by Crippen LogP contribution is 2.46. The summed E-state index contributed by atoms with van der Waals surface area (Å²) < 4.78 is 6.16. The van der Waals surface area contributed by atoms with Crippen molar-refractivity contribution in [3.63, 3.8) is 0 Å². The summed E-state index contributed by atoms with van der Waals surface area (Å²) in [6.07, 6.45) is 0. The molecule has 6 aromatic carbocycles. The van der Waals surface area contributed by atoms with E-state index in [2.05, 4.69) is 154 Å². The average molecular weight is 581 g/mol. The second-order valence-corrected chi connectivity index (χ2v) is 11.8. The highest BCUT2D eigenvalue weighted by molar-refractivity contribution is 9.10. The van der Waals surface area contributed by atoms with Gasteiger partial charge >= 0.3 is 0 Å². The van der Waals surface area contributed by atoms with Gasteiger partial charge in [0.05, 0.1) is 21.4 Å². The van der Waals surface area contributed by atoms with Crippen LogP contribution in [-0.2, 0) is 0 Å². The monoisotopic (exact) mass is 579 g/mol. The maximum absolute atomic E-state index is 3.70. The molecule has 0 radical (unpaired) electrons. The number of hydrogen-bond donors (Lipinski definition) is 0. The molecule has 0 fully saturated rings. The number of halogens is 1. The van der Waals surface area contributed by atoms with Gasteiger partial charge in [-0.3, -0.25) is 0 Å². The van der Waals surface area contributed by atoms with E-state index in [1.54, 1.807) is 0 Å². The van der Waals surface area contributed by atoms with Gasteiger partial charge in [-0.05, 0) is 58.7 Å². The summed E-state index contributed by atoms with van der Waals surface area (Å²) in [7, 11) is 0. The molecule has 0 saturated carbocycles. The Labute approximate surface area is 238 Å². The minimum Gasteiger partial charge on any atom is -0.308 e. The van der Waals surface area contributed by atoms with Crippen LogP contribution >= 0.6 is 27.3 Å². The van der Waals surface area contributed by atoms with Gasteiger partial charge in [0.1, 0.15) is 0 Å². The van der Waals surface area contributed by atoms with Crippen molar-refractivity contribution >= 4 is 69.2 Å². The van der Waals surface area contributed by atoms with Crippen molar-refractivity contribution < 1.29 is 0 Å². The summed E-state index contributed by atoms with van der Waals surface area (Å²) in [5, 5.41) is 5.15. The van der Waals surface area contributed by atoms with Crippen molar-refractivity contribution in [2.24, 2.45) is 0 Å². The third kappa shape index (κ3) is 3.51. The number of aromatic nitrogens is 1. The number of benzene rings is 6. The number of thiophene rings is 1. The number of fused-ring (bicyclic) bond motifs is 6. The van der Waals surface area contributed by atoms with E-state index in [-0.39, 0.29) is 0 Å². The van der Waals surface area contributed by atoms with Crippen LogP contribution in [0.3, 0.4) is 0 Å². The molecule has 2 heterocycles. The van der Waals surface area contributed by atoms with Crippen LogP contribution in [0.25, 0.3) is 69.9 Å². The number of rotatable bonds is 3. The molecule has 2 aromatic heterocycles. The van der Waals surface area contributed by atoms with Gasteiger partial charge in [-0.2, -0.15) is 0 Å². The van der Waals surface area contributed by atoms with Gasteiger partial charge in [0.25, 0.3) is 0 Å². The third-order valence-corrected chi connectivity index (χ3v) is 9.37. The van der Waals surface area contributed by atoms with Crippen molar-refractivity contribution in [2.45, 2.75) is 0 Å². The van der Waals surface area contributed by atoms with Gasteiger partial charge in [0.2, 0.25) is 0 Å². The van der Waals surface area contributed by atoms with Gasteiger partial charge in [-0.25, -0.2) is 0 Å². The van der Waals surface area contributed by atoms with Crippen molar-refractivity contribution in [1.29, 1.82) is 0 Å². The zero-order chi connectivity index (χ0) is 25.9. The molecule has 8 aromatic rings. The predicted octanol–water partition coefficient (Wildman–Crippen LogP) is 11.2. The lowest BCUT2D eigenvalue weighted by molar-refractivity contribution is 1.20. The molecular formula is C36H22BrNS. The molecule has 0 aliphatic heterocycles. The van der Waals surface area contributed by atoms with Gasteiger partial charge in [-0.1, -0.05) is 113 Å². The molecule has 0 N–H and O–H groups in total. The predicted molar refractivity (Wildman–Crippen MR) is 172 cm³/mol. The summed E-state index contributed by atoms with van der Waals surface area (Å²) >= 11 is 5.59. The van der Waals surface area contributed by atoms with Crippen LogP contribution in [0, 0.1) is 0 Å². The van der Waals surface area contributed by atoms with E-state index in [1.807, 2.05) is 11.3 Å². The largest absolute Gasteiger partial charge is 0.308 e. The topological polar surface area (TPSA) is 4.93 Å². The van der Waals surface area contributed by atoms with Crippen LogP contribution < -0.4 is 0 Å². The third-order valence-electron chi connectivity index (χ3n) is 7.68. The first kappa shape index (κ1) is 22.8. The summed E-state index contributed by atoms with van der Waals surface area (Å²) in [6, 6.07) is 48.3. The summed E-state index contributed by atoms with van der Waals surface area (Å²) in [4.78, 5) is 0. The Hall–Kier alpha value is -4.18. The van der Waals surface area contributed by atoms with Crippen LogP contribution in [0.4, 0.5) is 0 Å². The summed E-state index contributed by atoms with van der Waals surface area (Å²) in [5.74, 6) is 0. The molecule has 0 bridgehead atoms. The zero-order valence-electron chi connectivity index (χ0n) is 20.9. The first-order chi connectivity index (χ1) is 19.3. The molecule has 0 spiro atoms. The number of hydrogen-bond acceptors (Lipinski definition) is 1. The minimum atomic E-state index is 1.10. The molecule has 8 rings (SSSR count). The molecule has 1 nitrogen and oxygen atoms in total. The van der Waals surface area contributed by atoms with Crippen molar-refractivity contribution in [2.75, 3.05) is 0 Å². The Balaban J connectivity index is 1.50. The molecule has 3 heteroatoms. The Bertz CT molecular complexity index is 2190. The van der Waals surface area contributed by atoms with Crippen LogP contribution in [0.15, 0.2) is 138 Å². The van der Waals surface area contributed by atoms with E-state index in [4.69, 9.17) is 0 Å². The van der Waals surface area contributed by atoms with E-state index >= 15 is 0 Å². The molecular weight excluding hydrogens is 558 g/mol. The molecule has 0 saturated heterocycles. The maximum atomic E-state index is 3.70. The van der Waals surface area contributed by atoms with Gasteiger partial charge in [0.15, 0.2) is 0 Å². The normalized spacial score (nSPS) is 11.7. The lowest BCUT2D eigenvalue weighted by Crippen LogP contribution is -1.95. The van der Waals surface area contributed by atoms with Gasteiger partial charge < -0.3 is 4.57 Å². The molecule has 0 aliphatic rings. The Morgan fingerprint density at radius 3 is 2.08 bits per heavy atom. The lowest BCUT2D eigenvalue weighted by atomic mass is 9.91. The minimum absolute atomic E-state index is 1.10. The molecule has 184 valence electrons. The van der Waals surface area contributed by atoms with Crippen LogP contribution in [0.1, 0.15) is 0 Å². The fraction of sp³-hybridized carbons (Fsp3) is 0. The van der Waals surface area contributed by atoms with Crippen molar-refractivity contribution in [3.8, 4) is 27.9 Å². The number of nitrogens with zero attached hydrogens (tertiary/aromatic N) is 1. The van der Waals surface area contributed by atoms with E-state index in [0.29, 0.717) is 0 Å². The van der Waals surface area contributed by atoms with E-state index in [0.717, 1.165) is 4.47 Å². The first-order valence-corrected chi connectivity index (χ1v) is 14.7. The van der Waals surface area contributed by atoms with Crippen molar-refractivity contribution in [3.05, 3.63) is 138 Å². The smallest absolute Gasteiger partial charge is 0.0641 e. The fourth-order valence-electron chi connectivity index (χ4n) is 6.01. The van der Waals surface area contributed by atoms with E-state index in [1.165, 1.54) is 69.9 Å². The number of para-hydroxylation sites is 1. The standard InChI is InChI=1S/C36H22BrNS/c37-24-18-20-32-30(22-24)27-14-6-8-16-31(27)38(32)33-21-19-28(35-29-15-7-9-17-34(29)39-36(33)35)26-13-5-4-12-25(26)23-10-2-1-3-11-23/h1-22H. The van der Waals surface area contributed by atoms with Gasteiger partial charge in [0, 0.05) is 30.7 Å². The average Bonchev–Trinajstić information content (AvgIpc) is 3.54. The van der Waals surface area contributed by atoms with E-state index < -0.39 is 0 Å². The Kier molecular flexibility index (Phi) is 5.22. The van der Waals surface area contributed by atoms with E-state index in [9.17, 15) is 0 Å². The maximum Gasteiger partial charge on any atom is 0.0641 e. The SMILES string of the molecule is Brc1ccc2c(c1)c1ccccc1n2-c1ccc(-c2ccccc2-c2ccccc2)c2c1sc1ccccc12. The molecule has 0 unspecified atom stereocenters. The van der Waals surface area contributed by atoms with Crippen LogP contribution in [0.5, 0.6) is 0 Å². The first-order valence-electron chi connectivity index (χ1n) is 13.1. The highest BCUT2D eigenvalue weighted by Gasteiger charge is 2.20. The quantitative estimate of drug-likeness (QED) is 0.196. The fourth-order valence-corrected chi connectivity index (χ4v) is 7.60. The molecule has 0 atom stereocenters. The second-order valence-electron chi connectivity index (χ2n) is 9.86. The highest BCUT2D eigenvalue weighted by atomic mass is 79.9. The zero-order valence-corrected chi connectivity index (χ0v) is 23.3. The van der Waals surface area contributed by atoms with Gasteiger partial charge in [-0.15, -0.1) is 11.3 Å². The summed E-state index contributed by atoms with van der Waals surface area (Å²) in [6.45, 7) is 0. The van der Waals surface area contributed by atoms with Crippen LogP contribution in [-0.4, -0.2) is 4.57 Å². The Morgan fingerprint density at radius 2 is 1.21 bits per heavy atom.